The molecular formula is C29H28FN3O4. The average molecular weight is 502 g/mol. The number of methoxy groups -OCH3 is 1. The van der Waals surface area contributed by atoms with E-state index in [1.807, 2.05) is 59.5 Å². The predicted octanol–water partition coefficient (Wildman–Crippen LogP) is 4.35. The summed E-state index contributed by atoms with van der Waals surface area (Å²) in [4.78, 5) is 26.9. The van der Waals surface area contributed by atoms with E-state index in [2.05, 4.69) is 0 Å². The number of hydrogen-bond acceptors (Lipinski definition) is 5. The molecule has 8 heteroatoms. The van der Waals surface area contributed by atoms with E-state index in [0.717, 1.165) is 29.2 Å². The van der Waals surface area contributed by atoms with E-state index in [0.29, 0.717) is 25.2 Å². The van der Waals surface area contributed by atoms with Crippen LogP contribution < -0.4 is 20.8 Å². The second-order valence-electron chi connectivity index (χ2n) is 9.34. The maximum atomic E-state index is 15.5. The SMILES string of the molecule is COc1c(N2CCC(CN)C2)c(F)cc2c(=O)c(C(=O)O)cn(Cc3ccc(-c4ccccc4)cc3)c12. The van der Waals surface area contributed by atoms with Crippen LogP contribution in [0.15, 0.2) is 71.7 Å². The van der Waals surface area contributed by atoms with Gasteiger partial charge in [0.15, 0.2) is 11.6 Å². The highest BCUT2D eigenvalue weighted by molar-refractivity contribution is 5.97. The summed E-state index contributed by atoms with van der Waals surface area (Å²) in [6.07, 6.45) is 2.14. The number of nitrogens with two attached hydrogens (primary N) is 1. The number of carboxylic acids is 1. The van der Waals surface area contributed by atoms with Crippen molar-refractivity contribution < 1.29 is 19.0 Å². The van der Waals surface area contributed by atoms with Crippen LogP contribution in [0.3, 0.4) is 0 Å². The third kappa shape index (κ3) is 4.56. The lowest BCUT2D eigenvalue weighted by molar-refractivity contribution is 0.0695. The molecule has 3 N–H and O–H groups in total. The molecule has 0 radical (unpaired) electrons. The Hall–Kier alpha value is -4.17. The normalized spacial score (nSPS) is 15.3. The summed E-state index contributed by atoms with van der Waals surface area (Å²) in [7, 11) is 1.43. The van der Waals surface area contributed by atoms with Crippen LogP contribution in [0.25, 0.3) is 22.0 Å². The zero-order valence-corrected chi connectivity index (χ0v) is 20.5. The second-order valence-corrected chi connectivity index (χ2v) is 9.34. The molecule has 5 rings (SSSR count). The molecule has 0 spiro atoms. The van der Waals surface area contributed by atoms with Gasteiger partial charge in [0.25, 0.3) is 0 Å². The van der Waals surface area contributed by atoms with Crippen molar-refractivity contribution >= 4 is 22.6 Å². The van der Waals surface area contributed by atoms with E-state index in [4.69, 9.17) is 10.5 Å². The Balaban J connectivity index is 1.65. The van der Waals surface area contributed by atoms with Crippen molar-refractivity contribution in [3.8, 4) is 16.9 Å². The van der Waals surface area contributed by atoms with Crippen molar-refractivity contribution in [2.75, 3.05) is 31.6 Å². The quantitative estimate of drug-likeness (QED) is 0.391. The van der Waals surface area contributed by atoms with Crippen LogP contribution >= 0.6 is 0 Å². The number of fused-ring (bicyclic) bond motifs is 1. The largest absolute Gasteiger partial charge is 0.492 e. The molecule has 0 bridgehead atoms. The number of nitrogens with zero attached hydrogens (tertiary/aromatic N) is 2. The van der Waals surface area contributed by atoms with Gasteiger partial charge in [-0.2, -0.15) is 0 Å². The number of anilines is 1. The number of aromatic nitrogens is 1. The molecule has 190 valence electrons. The number of aromatic carboxylic acids is 1. The van der Waals surface area contributed by atoms with Crippen LogP contribution in [0.1, 0.15) is 22.3 Å². The maximum absolute atomic E-state index is 15.5. The Labute approximate surface area is 213 Å². The summed E-state index contributed by atoms with van der Waals surface area (Å²) in [5, 5.41) is 9.67. The van der Waals surface area contributed by atoms with Gasteiger partial charge in [0, 0.05) is 25.8 Å². The van der Waals surface area contributed by atoms with Crippen LogP contribution in [0.4, 0.5) is 10.1 Å². The van der Waals surface area contributed by atoms with Gasteiger partial charge in [0.1, 0.15) is 11.3 Å². The Morgan fingerprint density at radius 2 is 1.84 bits per heavy atom. The van der Waals surface area contributed by atoms with Gasteiger partial charge in [-0.15, -0.1) is 0 Å². The molecule has 1 unspecified atom stereocenters. The van der Waals surface area contributed by atoms with Crippen LogP contribution in [0, 0.1) is 11.7 Å². The zero-order valence-electron chi connectivity index (χ0n) is 20.5. The Morgan fingerprint density at radius 1 is 1.14 bits per heavy atom. The number of carbonyl (C=O) groups is 1. The van der Waals surface area contributed by atoms with Gasteiger partial charge in [-0.25, -0.2) is 9.18 Å². The molecule has 1 saturated heterocycles. The molecular weight excluding hydrogens is 473 g/mol. The van der Waals surface area contributed by atoms with Gasteiger partial charge in [0.05, 0.1) is 18.0 Å². The van der Waals surface area contributed by atoms with Gasteiger partial charge in [-0.3, -0.25) is 4.79 Å². The second kappa shape index (κ2) is 10.1. The summed E-state index contributed by atoms with van der Waals surface area (Å²) < 4.78 is 22.9. The fraction of sp³-hybridized carbons (Fsp3) is 0.241. The summed E-state index contributed by atoms with van der Waals surface area (Å²) in [6, 6.07) is 19.0. The zero-order chi connectivity index (χ0) is 26.1. The average Bonchev–Trinajstić information content (AvgIpc) is 3.39. The van der Waals surface area contributed by atoms with Crippen molar-refractivity contribution in [3.63, 3.8) is 0 Å². The monoisotopic (exact) mass is 501 g/mol. The molecule has 2 heterocycles. The fourth-order valence-electron chi connectivity index (χ4n) is 5.11. The number of carboxylic acid groups (broad SMARTS) is 1. The van der Waals surface area contributed by atoms with Gasteiger partial charge in [0.2, 0.25) is 5.43 Å². The lowest BCUT2D eigenvalue weighted by Crippen LogP contribution is -2.25. The number of hydrogen-bond donors (Lipinski definition) is 2. The molecule has 1 aromatic heterocycles. The first-order valence-electron chi connectivity index (χ1n) is 12.2. The Morgan fingerprint density at radius 3 is 2.46 bits per heavy atom. The van der Waals surface area contributed by atoms with E-state index in [1.54, 1.807) is 4.57 Å². The van der Waals surface area contributed by atoms with E-state index in [-0.39, 0.29) is 29.3 Å². The number of benzene rings is 3. The van der Waals surface area contributed by atoms with Crippen molar-refractivity contribution in [1.29, 1.82) is 0 Å². The fourth-order valence-corrected chi connectivity index (χ4v) is 5.11. The summed E-state index contributed by atoms with van der Waals surface area (Å²) in [5.74, 6) is -1.54. The Bertz CT molecular complexity index is 1520. The highest BCUT2D eigenvalue weighted by Crippen LogP contribution is 2.40. The van der Waals surface area contributed by atoms with Crippen LogP contribution in [0.5, 0.6) is 5.75 Å². The van der Waals surface area contributed by atoms with Crippen LogP contribution in [-0.2, 0) is 6.54 Å². The lowest BCUT2D eigenvalue weighted by Gasteiger charge is -2.25. The topological polar surface area (TPSA) is 97.8 Å². The van der Waals surface area contributed by atoms with E-state index < -0.39 is 22.8 Å². The number of rotatable bonds is 7. The number of halogens is 1. The first-order valence-corrected chi connectivity index (χ1v) is 12.2. The first kappa shape index (κ1) is 24.5. The highest BCUT2D eigenvalue weighted by Gasteiger charge is 2.29. The standard InChI is InChI=1S/C29H28FN3O4/c1-37-28-25-22(13-24(30)26(28)32-12-11-19(14-31)16-32)27(34)23(29(35)36)17-33(25)15-18-7-9-21(10-8-18)20-5-3-2-4-6-20/h2-10,13,17,19H,11-12,14-16,31H2,1H3,(H,35,36). The van der Waals surface area contributed by atoms with E-state index in [9.17, 15) is 14.7 Å². The molecule has 1 aliphatic rings. The minimum atomic E-state index is -1.37. The molecule has 7 nitrogen and oxygen atoms in total. The molecule has 37 heavy (non-hydrogen) atoms. The molecule has 0 amide bonds. The predicted molar refractivity (Wildman–Crippen MR) is 142 cm³/mol. The van der Waals surface area contributed by atoms with Gasteiger partial charge in [-0.1, -0.05) is 54.6 Å². The summed E-state index contributed by atoms with van der Waals surface area (Å²) in [5.41, 5.74) is 8.31. The molecule has 1 aliphatic heterocycles. The molecule has 0 aliphatic carbocycles. The van der Waals surface area contributed by atoms with Gasteiger partial charge >= 0.3 is 5.97 Å². The highest BCUT2D eigenvalue weighted by atomic mass is 19.1. The Kier molecular flexibility index (Phi) is 6.67. The molecule has 1 atom stereocenters. The molecule has 1 fully saturated rings. The third-order valence-corrected chi connectivity index (χ3v) is 7.03. The molecule has 0 saturated carbocycles. The van der Waals surface area contributed by atoms with E-state index in [1.165, 1.54) is 13.3 Å². The van der Waals surface area contributed by atoms with Crippen molar-refractivity contribution in [1.82, 2.24) is 4.57 Å². The summed E-state index contributed by atoms with van der Waals surface area (Å²) in [6.45, 7) is 1.95. The smallest absolute Gasteiger partial charge is 0.341 e. The van der Waals surface area contributed by atoms with Crippen molar-refractivity contribution in [3.05, 3.63) is 94.0 Å². The van der Waals surface area contributed by atoms with Gasteiger partial charge in [-0.05, 0) is 41.6 Å². The first-order chi connectivity index (χ1) is 17.9. The molecule has 4 aromatic rings. The number of ether oxygens (including phenoxy) is 1. The lowest BCUT2D eigenvalue weighted by atomic mass is 10.0. The molecule has 3 aromatic carbocycles. The van der Waals surface area contributed by atoms with Crippen molar-refractivity contribution in [2.45, 2.75) is 13.0 Å². The maximum Gasteiger partial charge on any atom is 0.341 e. The van der Waals surface area contributed by atoms with E-state index >= 15 is 4.39 Å². The third-order valence-electron chi connectivity index (χ3n) is 7.03. The van der Waals surface area contributed by atoms with Crippen LogP contribution in [-0.4, -0.2) is 42.4 Å². The number of pyridine rings is 1. The van der Waals surface area contributed by atoms with Crippen LogP contribution in [0.2, 0.25) is 0 Å². The van der Waals surface area contributed by atoms with Crippen molar-refractivity contribution in [2.24, 2.45) is 11.7 Å². The minimum absolute atomic E-state index is 0.0338. The minimum Gasteiger partial charge on any atom is -0.492 e. The summed E-state index contributed by atoms with van der Waals surface area (Å²) >= 11 is 0. The van der Waals surface area contributed by atoms with Gasteiger partial charge < -0.3 is 25.0 Å².